The molecule has 0 bridgehead atoms. The third-order valence-electron chi connectivity index (χ3n) is 6.25. The molecule has 0 aromatic carbocycles. The minimum absolute atomic E-state index is 0.439. The largest absolute Gasteiger partial charge is 0.498 e. The number of unbranched alkanes of at least 4 members (excludes halogenated alkanes) is 9. The lowest BCUT2D eigenvalue weighted by Crippen LogP contribution is -2.27. The van der Waals surface area contributed by atoms with Crippen molar-refractivity contribution in [2.24, 2.45) is 11.8 Å². The van der Waals surface area contributed by atoms with Gasteiger partial charge in [0.15, 0.2) is 0 Å². The Hall–Kier alpha value is -0.460. The predicted octanol–water partition coefficient (Wildman–Crippen LogP) is 8.43. The van der Waals surface area contributed by atoms with Crippen LogP contribution >= 0.6 is 0 Å². The maximum atomic E-state index is 5.91. The van der Waals surface area contributed by atoms with Crippen molar-refractivity contribution in [3.63, 3.8) is 0 Å². The van der Waals surface area contributed by atoms with Crippen LogP contribution in [0.1, 0.15) is 123 Å². The van der Waals surface area contributed by atoms with Crippen molar-refractivity contribution in [3.8, 4) is 0 Å². The van der Waals surface area contributed by atoms with E-state index in [-0.39, 0.29) is 0 Å². The summed E-state index contributed by atoms with van der Waals surface area (Å²) in [7, 11) is 0. The first-order valence-corrected chi connectivity index (χ1v) is 11.6. The molecule has 148 valence electrons. The van der Waals surface area contributed by atoms with E-state index in [1.807, 2.05) is 0 Å². The van der Waals surface area contributed by atoms with Crippen molar-refractivity contribution < 1.29 is 4.74 Å². The second-order valence-corrected chi connectivity index (χ2v) is 8.38. The van der Waals surface area contributed by atoms with Crippen LogP contribution in [0.2, 0.25) is 0 Å². The first kappa shape index (κ1) is 22.6. The minimum atomic E-state index is 0.439. The van der Waals surface area contributed by atoms with E-state index < -0.39 is 0 Å². The van der Waals surface area contributed by atoms with Crippen LogP contribution in [0.5, 0.6) is 0 Å². The average Bonchev–Trinajstić information content (AvgIpc) is 2.64. The highest BCUT2D eigenvalue weighted by atomic mass is 16.5. The third-order valence-corrected chi connectivity index (χ3v) is 6.25. The van der Waals surface area contributed by atoms with E-state index in [9.17, 15) is 0 Å². The van der Waals surface area contributed by atoms with Crippen molar-refractivity contribution in [2.45, 2.75) is 129 Å². The van der Waals surface area contributed by atoms with Crippen molar-refractivity contribution in [3.05, 3.63) is 12.8 Å². The molecule has 0 aromatic heterocycles. The molecule has 0 spiro atoms. The zero-order valence-electron chi connectivity index (χ0n) is 17.4. The molecule has 0 heterocycles. The molecule has 1 aliphatic rings. The fourth-order valence-electron chi connectivity index (χ4n) is 4.55. The summed E-state index contributed by atoms with van der Waals surface area (Å²) < 4.78 is 5.91. The van der Waals surface area contributed by atoms with Gasteiger partial charge in [-0.25, -0.2) is 0 Å². The van der Waals surface area contributed by atoms with Gasteiger partial charge in [-0.3, -0.25) is 0 Å². The molecule has 1 heteroatoms. The van der Waals surface area contributed by atoms with E-state index >= 15 is 0 Å². The quantitative estimate of drug-likeness (QED) is 0.200. The molecule has 25 heavy (non-hydrogen) atoms. The van der Waals surface area contributed by atoms with Gasteiger partial charge < -0.3 is 4.74 Å². The monoisotopic (exact) mass is 350 g/mol. The fourth-order valence-corrected chi connectivity index (χ4v) is 4.55. The van der Waals surface area contributed by atoms with E-state index in [2.05, 4.69) is 20.4 Å². The number of rotatable bonds is 16. The molecule has 1 saturated carbocycles. The van der Waals surface area contributed by atoms with E-state index in [0.717, 1.165) is 11.8 Å². The molecule has 1 unspecified atom stereocenters. The molecular weight excluding hydrogens is 304 g/mol. The first-order chi connectivity index (χ1) is 12.3. The Morgan fingerprint density at radius 1 is 0.800 bits per heavy atom. The van der Waals surface area contributed by atoms with Crippen LogP contribution < -0.4 is 0 Å². The van der Waals surface area contributed by atoms with Crippen LogP contribution in [-0.4, -0.2) is 6.10 Å². The first-order valence-electron chi connectivity index (χ1n) is 11.6. The molecular formula is C24H46O. The molecule has 0 radical (unpaired) electrons. The summed E-state index contributed by atoms with van der Waals surface area (Å²) in [6.45, 7) is 8.39. The van der Waals surface area contributed by atoms with Gasteiger partial charge >= 0.3 is 0 Å². The van der Waals surface area contributed by atoms with Gasteiger partial charge in [-0.2, -0.15) is 0 Å². The SMILES string of the molecule is C=COC(CCCCCC)C1CCC(CCCCCCCCC)CC1. The summed E-state index contributed by atoms with van der Waals surface area (Å²) in [6.07, 6.45) is 25.9. The second kappa shape index (κ2) is 15.8. The highest BCUT2D eigenvalue weighted by molar-refractivity contribution is 4.80. The zero-order valence-corrected chi connectivity index (χ0v) is 17.4. The lowest BCUT2D eigenvalue weighted by Gasteiger charge is -2.33. The molecule has 0 saturated heterocycles. The third kappa shape index (κ3) is 11.0. The molecule has 0 aliphatic heterocycles. The number of hydrogen-bond acceptors (Lipinski definition) is 1. The summed E-state index contributed by atoms with van der Waals surface area (Å²) >= 11 is 0. The Bertz CT molecular complexity index is 290. The Kier molecular flexibility index (Phi) is 14.2. The van der Waals surface area contributed by atoms with Gasteiger partial charge in [-0.15, -0.1) is 0 Å². The van der Waals surface area contributed by atoms with Crippen LogP contribution in [0, 0.1) is 11.8 Å². The van der Waals surface area contributed by atoms with E-state index in [4.69, 9.17) is 4.74 Å². The predicted molar refractivity (Wildman–Crippen MR) is 112 cm³/mol. The van der Waals surface area contributed by atoms with Gasteiger partial charge in [0.1, 0.15) is 6.10 Å². The van der Waals surface area contributed by atoms with Gasteiger partial charge in [0.05, 0.1) is 6.26 Å². The average molecular weight is 351 g/mol. The van der Waals surface area contributed by atoms with E-state index in [1.165, 1.54) is 109 Å². The summed E-state index contributed by atoms with van der Waals surface area (Å²) in [5.41, 5.74) is 0. The number of ether oxygens (including phenoxy) is 1. The Balaban J connectivity index is 2.12. The lowest BCUT2D eigenvalue weighted by molar-refractivity contribution is 0.0483. The second-order valence-electron chi connectivity index (χ2n) is 8.38. The normalized spacial score (nSPS) is 21.8. The van der Waals surface area contributed by atoms with Gasteiger partial charge in [0.2, 0.25) is 0 Å². The molecule has 0 aromatic rings. The minimum Gasteiger partial charge on any atom is -0.498 e. The topological polar surface area (TPSA) is 9.23 Å². The summed E-state index contributed by atoms with van der Waals surface area (Å²) in [4.78, 5) is 0. The van der Waals surface area contributed by atoms with Crippen LogP contribution in [-0.2, 0) is 4.74 Å². The highest BCUT2D eigenvalue weighted by Gasteiger charge is 2.27. The molecule has 1 atom stereocenters. The van der Waals surface area contributed by atoms with Crippen molar-refractivity contribution >= 4 is 0 Å². The Labute approximate surface area is 159 Å². The van der Waals surface area contributed by atoms with Gasteiger partial charge in [-0.1, -0.05) is 104 Å². The number of hydrogen-bond donors (Lipinski definition) is 0. The molecule has 1 rings (SSSR count). The van der Waals surface area contributed by atoms with Crippen LogP contribution in [0.25, 0.3) is 0 Å². The van der Waals surface area contributed by atoms with E-state index in [0.29, 0.717) is 6.10 Å². The fraction of sp³-hybridized carbons (Fsp3) is 0.917. The van der Waals surface area contributed by atoms with Crippen molar-refractivity contribution in [2.75, 3.05) is 0 Å². The van der Waals surface area contributed by atoms with Crippen LogP contribution in [0.3, 0.4) is 0 Å². The van der Waals surface area contributed by atoms with Gasteiger partial charge in [0, 0.05) is 0 Å². The molecule has 0 amide bonds. The summed E-state index contributed by atoms with van der Waals surface area (Å²) in [6, 6.07) is 0. The summed E-state index contributed by atoms with van der Waals surface area (Å²) in [5, 5.41) is 0. The lowest BCUT2D eigenvalue weighted by atomic mass is 9.76. The van der Waals surface area contributed by atoms with Crippen molar-refractivity contribution in [1.82, 2.24) is 0 Å². The Morgan fingerprint density at radius 2 is 1.36 bits per heavy atom. The highest BCUT2D eigenvalue weighted by Crippen LogP contribution is 2.36. The molecule has 0 N–H and O–H groups in total. The van der Waals surface area contributed by atoms with Crippen LogP contribution in [0.15, 0.2) is 12.8 Å². The molecule has 1 nitrogen and oxygen atoms in total. The molecule has 1 aliphatic carbocycles. The maximum Gasteiger partial charge on any atom is 0.101 e. The zero-order chi connectivity index (χ0) is 18.2. The Morgan fingerprint density at radius 3 is 1.96 bits per heavy atom. The summed E-state index contributed by atoms with van der Waals surface area (Å²) in [5.74, 6) is 1.78. The standard InChI is InChI=1S/C24H46O/c1-4-7-9-11-12-13-14-16-22-18-20-23(21-19-22)24(25-6-3)17-15-10-8-5-2/h6,22-24H,3-5,7-21H2,1-2H3. The van der Waals surface area contributed by atoms with Gasteiger partial charge in [-0.05, 0) is 37.5 Å². The smallest absolute Gasteiger partial charge is 0.101 e. The maximum absolute atomic E-state index is 5.91. The molecule has 1 fully saturated rings. The van der Waals surface area contributed by atoms with Crippen molar-refractivity contribution in [1.29, 1.82) is 0 Å². The van der Waals surface area contributed by atoms with E-state index in [1.54, 1.807) is 6.26 Å². The van der Waals surface area contributed by atoms with Crippen LogP contribution in [0.4, 0.5) is 0 Å². The van der Waals surface area contributed by atoms with Gasteiger partial charge in [0.25, 0.3) is 0 Å².